The number of rotatable bonds is 9. The summed E-state index contributed by atoms with van der Waals surface area (Å²) < 4.78 is 30.5. The Morgan fingerprint density at radius 3 is 2.80 bits per heavy atom. The van der Waals surface area contributed by atoms with E-state index < -0.39 is 22.0 Å². The minimum Gasteiger partial charge on any atom is -0.480 e. The Kier molecular flexibility index (Phi) is 9.32. The molecule has 0 spiro atoms. The summed E-state index contributed by atoms with van der Waals surface area (Å²) in [5.74, 6) is -0.802. The van der Waals surface area contributed by atoms with Crippen molar-refractivity contribution in [3.63, 3.8) is 0 Å². The zero-order valence-corrected chi connectivity index (χ0v) is 13.2. The fraction of sp³-hybridized carbons (Fsp3) is 0.909. The molecule has 1 aliphatic heterocycles. The van der Waals surface area contributed by atoms with Crippen LogP contribution in [-0.4, -0.2) is 69.5 Å². The predicted molar refractivity (Wildman–Crippen MR) is 77.8 cm³/mol. The molecule has 7 nitrogen and oxygen atoms in total. The van der Waals surface area contributed by atoms with Gasteiger partial charge in [0.1, 0.15) is 6.04 Å². The van der Waals surface area contributed by atoms with Crippen LogP contribution in [-0.2, 0) is 19.6 Å². The molecule has 0 saturated carbocycles. The van der Waals surface area contributed by atoms with Crippen LogP contribution in [0.1, 0.15) is 19.3 Å². The molecule has 1 saturated heterocycles. The number of methoxy groups -OCH3 is 1. The van der Waals surface area contributed by atoms with Crippen molar-refractivity contribution in [2.75, 3.05) is 39.1 Å². The highest BCUT2D eigenvalue weighted by Gasteiger charge is 2.29. The first-order valence-electron chi connectivity index (χ1n) is 6.39. The molecule has 120 valence electrons. The van der Waals surface area contributed by atoms with Gasteiger partial charge in [0.05, 0.1) is 5.75 Å². The Balaban J connectivity index is 0.00000361. The number of hydrogen-bond donors (Lipinski definition) is 2. The summed E-state index contributed by atoms with van der Waals surface area (Å²) in [4.78, 5) is 12.8. The van der Waals surface area contributed by atoms with Crippen molar-refractivity contribution in [1.29, 1.82) is 0 Å². The number of carbonyl (C=O) groups is 1. The molecule has 0 aromatic heterocycles. The van der Waals surface area contributed by atoms with Crippen LogP contribution in [0.5, 0.6) is 0 Å². The summed E-state index contributed by atoms with van der Waals surface area (Å²) in [6.07, 6.45) is 1.93. The fourth-order valence-electron chi connectivity index (χ4n) is 2.18. The van der Waals surface area contributed by atoms with E-state index in [9.17, 15) is 13.2 Å². The third-order valence-corrected chi connectivity index (χ3v) is 4.60. The lowest BCUT2D eigenvalue weighted by molar-refractivity contribution is -0.142. The Labute approximate surface area is 126 Å². The maximum atomic E-state index is 11.6. The van der Waals surface area contributed by atoms with Crippen molar-refractivity contribution in [2.45, 2.75) is 25.3 Å². The number of nitrogens with one attached hydrogen (secondary N) is 1. The van der Waals surface area contributed by atoms with Crippen molar-refractivity contribution in [1.82, 2.24) is 9.62 Å². The van der Waals surface area contributed by atoms with Gasteiger partial charge in [-0.1, -0.05) is 0 Å². The monoisotopic (exact) mass is 330 g/mol. The molecule has 1 atom stereocenters. The molecule has 1 fully saturated rings. The molecule has 0 amide bonds. The Morgan fingerprint density at radius 1 is 1.50 bits per heavy atom. The minimum atomic E-state index is -3.29. The van der Waals surface area contributed by atoms with Gasteiger partial charge in [-0.25, -0.2) is 13.1 Å². The average molecular weight is 331 g/mol. The molecular weight excluding hydrogens is 308 g/mol. The van der Waals surface area contributed by atoms with Gasteiger partial charge >= 0.3 is 5.97 Å². The predicted octanol–water partition coefficient (Wildman–Crippen LogP) is -0.0869. The van der Waals surface area contributed by atoms with E-state index in [0.717, 1.165) is 6.42 Å². The van der Waals surface area contributed by atoms with Crippen LogP contribution >= 0.6 is 12.4 Å². The Hall–Kier alpha value is -0.410. The Bertz CT molecular complexity index is 390. The van der Waals surface area contributed by atoms with Gasteiger partial charge in [-0.05, 0) is 25.8 Å². The number of ether oxygens (including phenoxy) is 1. The zero-order chi connectivity index (χ0) is 14.3. The van der Waals surface area contributed by atoms with Gasteiger partial charge in [-0.15, -0.1) is 12.4 Å². The second-order valence-electron chi connectivity index (χ2n) is 4.59. The van der Waals surface area contributed by atoms with E-state index in [0.29, 0.717) is 32.5 Å². The van der Waals surface area contributed by atoms with E-state index in [-0.39, 0.29) is 24.7 Å². The van der Waals surface area contributed by atoms with Crippen LogP contribution in [0, 0.1) is 0 Å². The number of hydrogen-bond acceptors (Lipinski definition) is 5. The van der Waals surface area contributed by atoms with Gasteiger partial charge in [0.25, 0.3) is 0 Å². The van der Waals surface area contributed by atoms with Crippen molar-refractivity contribution in [3.05, 3.63) is 0 Å². The lowest BCUT2D eigenvalue weighted by atomic mass is 10.2. The van der Waals surface area contributed by atoms with Gasteiger partial charge < -0.3 is 9.84 Å². The molecular formula is C11H23ClN2O5S. The van der Waals surface area contributed by atoms with E-state index in [2.05, 4.69) is 4.72 Å². The average Bonchev–Trinajstić information content (AvgIpc) is 2.77. The van der Waals surface area contributed by atoms with E-state index in [1.165, 1.54) is 7.11 Å². The maximum absolute atomic E-state index is 11.6. The summed E-state index contributed by atoms with van der Waals surface area (Å²) in [6, 6.07) is -0.474. The maximum Gasteiger partial charge on any atom is 0.320 e. The SMILES string of the molecule is COCCCS(=O)(=O)NCCN1CCCC1C(=O)O.Cl. The smallest absolute Gasteiger partial charge is 0.320 e. The van der Waals surface area contributed by atoms with Crippen LogP contribution in [0.2, 0.25) is 0 Å². The first-order valence-corrected chi connectivity index (χ1v) is 8.04. The molecule has 2 N–H and O–H groups in total. The number of carboxylic acids is 1. The van der Waals surface area contributed by atoms with Crippen LogP contribution in [0.25, 0.3) is 0 Å². The van der Waals surface area contributed by atoms with Crippen molar-refractivity contribution in [2.24, 2.45) is 0 Å². The molecule has 1 heterocycles. The molecule has 1 rings (SSSR count). The van der Waals surface area contributed by atoms with Crippen molar-refractivity contribution >= 4 is 28.4 Å². The summed E-state index contributed by atoms with van der Waals surface area (Å²) in [6.45, 7) is 1.80. The molecule has 9 heteroatoms. The lowest BCUT2D eigenvalue weighted by Gasteiger charge is -2.20. The minimum absolute atomic E-state index is 0. The molecule has 0 bridgehead atoms. The quantitative estimate of drug-likeness (QED) is 0.574. The van der Waals surface area contributed by atoms with Crippen LogP contribution in [0.4, 0.5) is 0 Å². The summed E-state index contributed by atoms with van der Waals surface area (Å²) in [5, 5.41) is 8.99. The van der Waals surface area contributed by atoms with E-state index >= 15 is 0 Å². The van der Waals surface area contributed by atoms with Gasteiger partial charge in [-0.3, -0.25) is 9.69 Å². The summed E-state index contributed by atoms with van der Waals surface area (Å²) >= 11 is 0. The van der Waals surface area contributed by atoms with Gasteiger partial charge in [-0.2, -0.15) is 0 Å². The summed E-state index contributed by atoms with van der Waals surface area (Å²) in [7, 11) is -1.76. The molecule has 0 aromatic carbocycles. The van der Waals surface area contributed by atoms with Crippen molar-refractivity contribution in [3.8, 4) is 0 Å². The van der Waals surface area contributed by atoms with Crippen LogP contribution in [0.3, 0.4) is 0 Å². The molecule has 20 heavy (non-hydrogen) atoms. The van der Waals surface area contributed by atoms with E-state index in [1.54, 1.807) is 4.90 Å². The largest absolute Gasteiger partial charge is 0.480 e. The van der Waals surface area contributed by atoms with Gasteiger partial charge in [0, 0.05) is 26.8 Å². The highest BCUT2D eigenvalue weighted by molar-refractivity contribution is 7.89. The van der Waals surface area contributed by atoms with Crippen molar-refractivity contribution < 1.29 is 23.1 Å². The first kappa shape index (κ1) is 19.6. The number of halogens is 1. The number of aliphatic carboxylic acids is 1. The third-order valence-electron chi connectivity index (χ3n) is 3.13. The normalized spacial score (nSPS) is 19.8. The van der Waals surface area contributed by atoms with Gasteiger partial charge in [0.2, 0.25) is 10.0 Å². The number of likely N-dealkylation sites (tertiary alicyclic amines) is 1. The molecule has 0 aliphatic carbocycles. The standard InChI is InChI=1S/C11H22N2O5S.ClH/c1-18-8-3-9-19(16,17)12-5-7-13-6-2-4-10(13)11(14)15;/h10,12H,2-9H2,1H3,(H,14,15);1H. The number of nitrogens with zero attached hydrogens (tertiary/aromatic N) is 1. The summed E-state index contributed by atoms with van der Waals surface area (Å²) in [5.41, 5.74) is 0. The second kappa shape index (κ2) is 9.51. The third kappa shape index (κ3) is 6.85. The molecule has 0 radical (unpaired) electrons. The lowest BCUT2D eigenvalue weighted by Crippen LogP contribution is -2.41. The molecule has 1 aliphatic rings. The topological polar surface area (TPSA) is 95.9 Å². The highest BCUT2D eigenvalue weighted by Crippen LogP contribution is 2.16. The van der Waals surface area contributed by atoms with E-state index in [1.807, 2.05) is 0 Å². The van der Waals surface area contributed by atoms with Crippen LogP contribution in [0.15, 0.2) is 0 Å². The van der Waals surface area contributed by atoms with Crippen LogP contribution < -0.4 is 4.72 Å². The van der Waals surface area contributed by atoms with Gasteiger partial charge in [0.15, 0.2) is 0 Å². The second-order valence-corrected chi connectivity index (χ2v) is 6.52. The number of carboxylic acid groups (broad SMARTS) is 1. The zero-order valence-electron chi connectivity index (χ0n) is 11.6. The number of sulfonamides is 1. The van der Waals surface area contributed by atoms with E-state index in [4.69, 9.17) is 9.84 Å². The molecule has 1 unspecified atom stereocenters. The first-order chi connectivity index (χ1) is 8.96. The fourth-order valence-corrected chi connectivity index (χ4v) is 3.23. The Morgan fingerprint density at radius 2 is 2.20 bits per heavy atom. The highest BCUT2D eigenvalue weighted by atomic mass is 35.5. The molecule has 0 aromatic rings.